The lowest BCUT2D eigenvalue weighted by atomic mass is 9.97. The first-order valence-electron chi connectivity index (χ1n) is 7.96. The highest BCUT2D eigenvalue weighted by atomic mass is 35.5. The Morgan fingerprint density at radius 2 is 1.57 bits per heavy atom. The van der Waals surface area contributed by atoms with Crippen molar-refractivity contribution in [3.63, 3.8) is 0 Å². The number of nitrogens with two attached hydrogens (primary N) is 2. The van der Waals surface area contributed by atoms with E-state index < -0.39 is 53.6 Å². The lowest BCUT2D eigenvalue weighted by Gasteiger charge is -2.44. The fourth-order valence-corrected chi connectivity index (χ4v) is 3.36. The minimum absolute atomic E-state index is 0. The van der Waals surface area contributed by atoms with Crippen molar-refractivity contribution in [2.75, 3.05) is 6.61 Å². The molecule has 1 aliphatic heterocycles. The van der Waals surface area contributed by atoms with Gasteiger partial charge >= 0.3 is 23.1 Å². The molecule has 5 N–H and O–H groups in total. The molecule has 1 saturated heterocycles. The van der Waals surface area contributed by atoms with Crippen molar-refractivity contribution >= 4 is 40.7 Å². The maximum absolute atomic E-state index is 11.6. The summed E-state index contributed by atoms with van der Waals surface area (Å²) < 4.78 is 21.3. The Morgan fingerprint density at radius 1 is 1.04 bits per heavy atom. The van der Waals surface area contributed by atoms with E-state index in [4.69, 9.17) is 30.1 Å². The van der Waals surface area contributed by atoms with Gasteiger partial charge in [-0.25, -0.2) is 0 Å². The predicted molar refractivity (Wildman–Crippen MR) is 92.7 cm³/mol. The van der Waals surface area contributed by atoms with Crippen LogP contribution in [0.15, 0.2) is 0 Å². The molecule has 1 aliphatic rings. The molecular weight excluding hydrogens is 418 g/mol. The first-order chi connectivity index (χ1) is 12.5. The number of nitrogens with one attached hydrogen (secondary N) is 1. The van der Waals surface area contributed by atoms with Gasteiger partial charge in [0.05, 0.1) is 0 Å². The Morgan fingerprint density at radius 3 is 2.00 bits per heavy atom. The molecule has 5 atom stereocenters. The Balaban J connectivity index is 0.00000729. The number of hydrogen-bond acceptors (Lipinski definition) is 9. The Kier molecular flexibility index (Phi) is 10.9. The van der Waals surface area contributed by atoms with Gasteiger partial charge in [-0.05, 0) is 11.8 Å². The Hall–Kier alpha value is -2.05. The van der Waals surface area contributed by atoms with E-state index in [-0.39, 0.29) is 24.2 Å². The lowest BCUT2D eigenvalue weighted by molar-refractivity contribution is -0.211. The molecule has 0 saturated carbocycles. The minimum Gasteiger partial charge on any atom is -1.00 e. The Bertz CT molecular complexity index is 620. The highest BCUT2D eigenvalue weighted by molar-refractivity contribution is 8.13. The molecule has 0 unspecified atom stereocenters. The summed E-state index contributed by atoms with van der Waals surface area (Å²) in [5.74, 6) is -2.37. The quantitative estimate of drug-likeness (QED) is 0.156. The first kappa shape index (κ1) is 26.0. The van der Waals surface area contributed by atoms with E-state index in [2.05, 4.69) is 5.32 Å². The molecule has 13 heteroatoms. The van der Waals surface area contributed by atoms with Gasteiger partial charge in [0.15, 0.2) is 12.2 Å². The van der Waals surface area contributed by atoms with Gasteiger partial charge in [0, 0.05) is 27.7 Å². The van der Waals surface area contributed by atoms with Crippen LogP contribution in [0.4, 0.5) is 0 Å². The number of halogens is 1. The van der Waals surface area contributed by atoms with E-state index in [1.807, 2.05) is 0 Å². The Labute approximate surface area is 172 Å². The van der Waals surface area contributed by atoms with E-state index >= 15 is 0 Å². The maximum atomic E-state index is 11.6. The van der Waals surface area contributed by atoms with E-state index in [1.54, 1.807) is 0 Å². The second kappa shape index (κ2) is 11.7. The van der Waals surface area contributed by atoms with Crippen LogP contribution < -0.4 is 28.9 Å². The van der Waals surface area contributed by atoms with Crippen LogP contribution in [0.2, 0.25) is 0 Å². The molecule has 160 valence electrons. The highest BCUT2D eigenvalue weighted by Crippen LogP contribution is 2.32. The van der Waals surface area contributed by atoms with Crippen LogP contribution in [0.25, 0.3) is 0 Å². The maximum Gasteiger partial charge on any atom is 0.303 e. The fourth-order valence-electron chi connectivity index (χ4n) is 2.53. The zero-order valence-electron chi connectivity index (χ0n) is 15.8. The molecule has 0 bridgehead atoms. The lowest BCUT2D eigenvalue weighted by Crippen LogP contribution is -3.00. The van der Waals surface area contributed by atoms with Crippen LogP contribution in [-0.2, 0) is 38.1 Å². The second-order valence-corrected chi connectivity index (χ2v) is 6.91. The normalized spacial score (nSPS) is 26.2. The summed E-state index contributed by atoms with van der Waals surface area (Å²) in [6, 6.07) is -0.934. The van der Waals surface area contributed by atoms with Crippen LogP contribution >= 0.6 is 11.8 Å². The van der Waals surface area contributed by atoms with Crippen LogP contribution in [0.1, 0.15) is 27.7 Å². The number of rotatable bonds is 6. The van der Waals surface area contributed by atoms with Gasteiger partial charge in [-0.15, -0.1) is 0 Å². The van der Waals surface area contributed by atoms with Crippen LogP contribution in [0.3, 0.4) is 0 Å². The topological polar surface area (TPSA) is 169 Å². The summed E-state index contributed by atoms with van der Waals surface area (Å²) in [6.45, 7) is 4.50. The van der Waals surface area contributed by atoms with Crippen molar-refractivity contribution in [2.45, 2.75) is 57.5 Å². The summed E-state index contributed by atoms with van der Waals surface area (Å²) in [7, 11) is 0. The molecule has 1 amide bonds. The monoisotopic (exact) mass is 441 g/mol. The standard InChI is InChI=1S/C15H23N3O8S.ClH/c1-6(19)18-11-13(25-9(4)22)12(24-8(3)21)10(5-23-7(2)20)26-14(11)27-15(16)17;/h10-14H,5H2,1-4H3,(H3,16,17)(H,18,19);1H/t10-,11-,12-,13-,14+;/m1./s1. The molecule has 11 nitrogen and oxygen atoms in total. The molecule has 28 heavy (non-hydrogen) atoms. The predicted octanol–water partition coefficient (Wildman–Crippen LogP) is -5.55. The number of esters is 3. The number of ether oxygens (including phenoxy) is 4. The third-order valence-corrected chi connectivity index (χ3v) is 4.23. The van der Waals surface area contributed by atoms with Crippen LogP contribution in [0, 0.1) is 0 Å². The fraction of sp³-hybridized carbons (Fsp3) is 0.667. The van der Waals surface area contributed by atoms with Gasteiger partial charge in [-0.2, -0.15) is 0 Å². The molecule has 1 rings (SSSR count). The largest absolute Gasteiger partial charge is 1.00 e. The number of thioether (sulfide) groups is 1. The number of amides is 1. The van der Waals surface area contributed by atoms with Crippen LogP contribution in [0.5, 0.6) is 0 Å². The van der Waals surface area contributed by atoms with Gasteiger partial charge < -0.3 is 36.7 Å². The van der Waals surface area contributed by atoms with Crippen molar-refractivity contribution in [1.82, 2.24) is 5.32 Å². The third-order valence-electron chi connectivity index (χ3n) is 3.32. The van der Waals surface area contributed by atoms with E-state index in [0.29, 0.717) is 0 Å². The van der Waals surface area contributed by atoms with Gasteiger partial charge in [0.2, 0.25) is 5.91 Å². The number of hydrogen-bond donors (Lipinski definition) is 3. The van der Waals surface area contributed by atoms with E-state index in [1.165, 1.54) is 13.8 Å². The van der Waals surface area contributed by atoms with Crippen molar-refractivity contribution in [3.8, 4) is 0 Å². The van der Waals surface area contributed by atoms with Crippen molar-refractivity contribution in [2.24, 2.45) is 5.73 Å². The summed E-state index contributed by atoms with van der Waals surface area (Å²) in [4.78, 5) is 46.0. The average Bonchev–Trinajstić information content (AvgIpc) is 2.49. The number of amidine groups is 1. The number of carbonyl (C=O) groups is 4. The van der Waals surface area contributed by atoms with Gasteiger partial charge in [0.1, 0.15) is 24.2 Å². The highest BCUT2D eigenvalue weighted by Gasteiger charge is 2.51. The van der Waals surface area contributed by atoms with Crippen molar-refractivity contribution < 1.29 is 55.9 Å². The molecule has 0 aromatic carbocycles. The molecule has 0 aromatic heterocycles. The molecule has 0 radical (unpaired) electrons. The molecule has 0 aliphatic carbocycles. The molecule has 0 spiro atoms. The second-order valence-electron chi connectivity index (χ2n) is 5.74. The summed E-state index contributed by atoms with van der Waals surface area (Å²) in [5.41, 5.74) is 4.64. The molecule has 0 aromatic rings. The van der Waals surface area contributed by atoms with Gasteiger partial charge in [-0.1, -0.05) is 0 Å². The third kappa shape index (κ3) is 8.31. The van der Waals surface area contributed by atoms with Gasteiger partial charge in [-0.3, -0.25) is 30.3 Å². The zero-order valence-corrected chi connectivity index (χ0v) is 17.4. The summed E-state index contributed by atoms with van der Waals surface area (Å²) in [5, 5.41) is 8.07. The van der Waals surface area contributed by atoms with Gasteiger partial charge in [0.25, 0.3) is 0 Å². The SMILES string of the molecule is CC(=O)N[C@@H]1[C@@H](OC(C)=O)[C@H](OC(C)=O)[C@@H](COC(C)=O)O[C@H]1SC(N)=[NH2+].[Cl-]. The zero-order chi connectivity index (χ0) is 20.7. The van der Waals surface area contributed by atoms with E-state index in [0.717, 1.165) is 25.6 Å². The van der Waals surface area contributed by atoms with Crippen molar-refractivity contribution in [3.05, 3.63) is 0 Å². The molecular formula is C15H24ClN3O8S. The molecule has 1 fully saturated rings. The summed E-state index contributed by atoms with van der Waals surface area (Å²) in [6.07, 6.45) is -3.25. The first-order valence-corrected chi connectivity index (χ1v) is 8.84. The molecule has 1 heterocycles. The van der Waals surface area contributed by atoms with Crippen molar-refractivity contribution in [1.29, 1.82) is 0 Å². The number of carbonyl (C=O) groups excluding carboxylic acids is 4. The minimum atomic E-state index is -1.14. The van der Waals surface area contributed by atoms with Crippen LogP contribution in [-0.4, -0.2) is 65.4 Å². The van der Waals surface area contributed by atoms with E-state index in [9.17, 15) is 19.2 Å². The summed E-state index contributed by atoms with van der Waals surface area (Å²) >= 11 is 0.878. The average molecular weight is 442 g/mol. The smallest absolute Gasteiger partial charge is 0.303 e.